The van der Waals surface area contributed by atoms with E-state index in [-0.39, 0.29) is 6.10 Å². The molecule has 1 unspecified atom stereocenters. The maximum Gasteiger partial charge on any atom is 0.127 e. The Morgan fingerprint density at radius 2 is 1.84 bits per heavy atom. The highest BCUT2D eigenvalue weighted by atomic mass is 35.5. The molecule has 2 aromatic rings. The topological polar surface area (TPSA) is 29.5 Å². The molecular weight excluding hydrogens is 283 g/mol. The van der Waals surface area contributed by atoms with Crippen molar-refractivity contribution in [2.45, 2.75) is 18.6 Å². The zero-order chi connectivity index (χ0) is 13.4. The third kappa shape index (κ3) is 2.44. The lowest BCUT2D eigenvalue weighted by atomic mass is 9.95. The molecule has 1 N–H and O–H groups in total. The molecule has 0 fully saturated rings. The molecule has 2 aromatic carbocycles. The van der Waals surface area contributed by atoms with Gasteiger partial charge in [-0.1, -0.05) is 47.5 Å². The standard InChI is InChI=1S/C15H12Cl2O2/c16-11-6-5-9(7-12(11)17)15-8-13(18)10-3-1-2-4-14(10)19-15/h1-7,13,15,18H,8H2/t13-,15?/m1/s1. The molecule has 0 saturated carbocycles. The number of fused-ring (bicyclic) bond motifs is 1. The van der Waals surface area contributed by atoms with E-state index in [2.05, 4.69) is 0 Å². The van der Waals surface area contributed by atoms with E-state index in [1.165, 1.54) is 0 Å². The SMILES string of the molecule is O[C@@H]1CC(c2ccc(Cl)c(Cl)c2)Oc2ccccc21. The summed E-state index contributed by atoms with van der Waals surface area (Å²) in [6, 6.07) is 12.9. The van der Waals surface area contributed by atoms with Gasteiger partial charge in [0, 0.05) is 12.0 Å². The summed E-state index contributed by atoms with van der Waals surface area (Å²) in [6.07, 6.45) is -0.223. The second kappa shape index (κ2) is 5.04. The molecular formula is C15H12Cl2O2. The van der Waals surface area contributed by atoms with Crippen LogP contribution in [0.2, 0.25) is 10.0 Å². The van der Waals surface area contributed by atoms with Gasteiger partial charge >= 0.3 is 0 Å². The first kappa shape index (κ1) is 12.8. The molecule has 2 nitrogen and oxygen atoms in total. The minimum atomic E-state index is -0.524. The van der Waals surface area contributed by atoms with Crippen LogP contribution in [0.15, 0.2) is 42.5 Å². The Morgan fingerprint density at radius 3 is 2.63 bits per heavy atom. The molecule has 0 spiro atoms. The van der Waals surface area contributed by atoms with Gasteiger partial charge in [-0.25, -0.2) is 0 Å². The Kier molecular flexibility index (Phi) is 3.40. The molecule has 1 aliphatic rings. The zero-order valence-electron chi connectivity index (χ0n) is 10.0. The monoisotopic (exact) mass is 294 g/mol. The number of hydrogen-bond donors (Lipinski definition) is 1. The number of benzene rings is 2. The minimum absolute atomic E-state index is 0.209. The van der Waals surface area contributed by atoms with Gasteiger partial charge in [-0.05, 0) is 23.8 Å². The lowest BCUT2D eigenvalue weighted by molar-refractivity contribution is 0.0657. The second-order valence-corrected chi connectivity index (χ2v) is 5.38. The van der Waals surface area contributed by atoms with Gasteiger partial charge in [0.15, 0.2) is 0 Å². The summed E-state index contributed by atoms with van der Waals surface area (Å²) in [5, 5.41) is 11.2. The summed E-state index contributed by atoms with van der Waals surface area (Å²) >= 11 is 11.9. The Morgan fingerprint density at radius 1 is 1.05 bits per heavy atom. The smallest absolute Gasteiger partial charge is 0.127 e. The van der Waals surface area contributed by atoms with Crippen molar-refractivity contribution in [1.82, 2.24) is 0 Å². The third-order valence-corrected chi connectivity index (χ3v) is 4.04. The van der Waals surface area contributed by atoms with Crippen molar-refractivity contribution in [2.24, 2.45) is 0 Å². The molecule has 19 heavy (non-hydrogen) atoms. The number of aliphatic hydroxyl groups excluding tert-OH is 1. The molecule has 0 aromatic heterocycles. The average molecular weight is 295 g/mol. The van der Waals surface area contributed by atoms with Crippen LogP contribution in [0.3, 0.4) is 0 Å². The van der Waals surface area contributed by atoms with E-state index in [1.807, 2.05) is 30.3 Å². The molecule has 98 valence electrons. The van der Waals surface area contributed by atoms with Crippen molar-refractivity contribution in [3.05, 3.63) is 63.6 Å². The highest BCUT2D eigenvalue weighted by Crippen LogP contribution is 2.41. The van der Waals surface area contributed by atoms with Crippen LogP contribution >= 0.6 is 23.2 Å². The van der Waals surface area contributed by atoms with Crippen LogP contribution in [-0.4, -0.2) is 5.11 Å². The summed E-state index contributed by atoms with van der Waals surface area (Å²) in [5.41, 5.74) is 1.75. The molecule has 0 aliphatic carbocycles. The maximum absolute atomic E-state index is 10.2. The predicted molar refractivity (Wildman–Crippen MR) is 75.8 cm³/mol. The molecule has 0 radical (unpaired) electrons. The van der Waals surface area contributed by atoms with Crippen molar-refractivity contribution in [2.75, 3.05) is 0 Å². The first-order chi connectivity index (χ1) is 9.15. The van der Waals surface area contributed by atoms with Crippen molar-refractivity contribution >= 4 is 23.2 Å². The Labute approximate surface area is 121 Å². The molecule has 4 heteroatoms. The highest BCUT2D eigenvalue weighted by Gasteiger charge is 2.27. The second-order valence-electron chi connectivity index (χ2n) is 4.57. The summed E-state index contributed by atoms with van der Waals surface area (Å²) < 4.78 is 5.92. The molecule has 0 saturated heterocycles. The fraction of sp³-hybridized carbons (Fsp3) is 0.200. The maximum atomic E-state index is 10.2. The van der Waals surface area contributed by atoms with Gasteiger partial charge in [0.25, 0.3) is 0 Å². The number of ether oxygens (including phenoxy) is 1. The van der Waals surface area contributed by atoms with E-state index in [0.29, 0.717) is 16.5 Å². The molecule has 0 amide bonds. The van der Waals surface area contributed by atoms with Gasteiger partial charge in [-0.2, -0.15) is 0 Å². The van der Waals surface area contributed by atoms with E-state index in [4.69, 9.17) is 27.9 Å². The third-order valence-electron chi connectivity index (χ3n) is 3.30. The summed E-state index contributed by atoms with van der Waals surface area (Å²) in [6.45, 7) is 0. The minimum Gasteiger partial charge on any atom is -0.485 e. The fourth-order valence-electron chi connectivity index (χ4n) is 2.31. The van der Waals surface area contributed by atoms with Gasteiger partial charge in [0.05, 0.1) is 16.1 Å². The van der Waals surface area contributed by atoms with Crippen LogP contribution in [0.5, 0.6) is 5.75 Å². The summed E-state index contributed by atoms with van der Waals surface area (Å²) in [7, 11) is 0. The molecule has 2 atom stereocenters. The van der Waals surface area contributed by atoms with E-state index < -0.39 is 6.10 Å². The van der Waals surface area contributed by atoms with E-state index >= 15 is 0 Å². The van der Waals surface area contributed by atoms with Crippen molar-refractivity contribution in [3.8, 4) is 5.75 Å². The van der Waals surface area contributed by atoms with Gasteiger partial charge in [0.2, 0.25) is 0 Å². The lowest BCUT2D eigenvalue weighted by Crippen LogP contribution is -2.18. The Hall–Kier alpha value is -1.22. The summed E-state index contributed by atoms with van der Waals surface area (Å²) in [5.74, 6) is 0.720. The molecule has 0 bridgehead atoms. The Balaban J connectivity index is 1.94. The summed E-state index contributed by atoms with van der Waals surface area (Å²) in [4.78, 5) is 0. The van der Waals surface area contributed by atoms with Gasteiger partial charge < -0.3 is 9.84 Å². The lowest BCUT2D eigenvalue weighted by Gasteiger charge is -2.30. The van der Waals surface area contributed by atoms with Gasteiger partial charge in [-0.15, -0.1) is 0 Å². The first-order valence-electron chi connectivity index (χ1n) is 6.04. The number of rotatable bonds is 1. The van der Waals surface area contributed by atoms with E-state index in [0.717, 1.165) is 16.9 Å². The van der Waals surface area contributed by atoms with Crippen molar-refractivity contribution in [1.29, 1.82) is 0 Å². The van der Waals surface area contributed by atoms with Crippen LogP contribution in [0.1, 0.15) is 29.8 Å². The van der Waals surface area contributed by atoms with E-state index in [9.17, 15) is 5.11 Å². The first-order valence-corrected chi connectivity index (χ1v) is 6.79. The molecule has 3 rings (SSSR count). The molecule has 1 heterocycles. The predicted octanol–water partition coefficient (Wildman–Crippen LogP) is 4.55. The van der Waals surface area contributed by atoms with Gasteiger partial charge in [0.1, 0.15) is 11.9 Å². The fourth-order valence-corrected chi connectivity index (χ4v) is 2.62. The number of para-hydroxylation sites is 1. The van der Waals surface area contributed by atoms with E-state index in [1.54, 1.807) is 12.1 Å². The number of halogens is 2. The van der Waals surface area contributed by atoms with Gasteiger partial charge in [-0.3, -0.25) is 0 Å². The molecule has 1 aliphatic heterocycles. The number of aliphatic hydroxyl groups is 1. The zero-order valence-corrected chi connectivity index (χ0v) is 11.5. The number of hydrogen-bond acceptors (Lipinski definition) is 2. The van der Waals surface area contributed by atoms with Crippen LogP contribution in [-0.2, 0) is 0 Å². The van der Waals surface area contributed by atoms with Crippen molar-refractivity contribution < 1.29 is 9.84 Å². The quantitative estimate of drug-likeness (QED) is 0.836. The Bertz CT molecular complexity index is 613. The normalized spacial score (nSPS) is 21.6. The van der Waals surface area contributed by atoms with Crippen LogP contribution in [0.4, 0.5) is 0 Å². The van der Waals surface area contributed by atoms with Crippen LogP contribution in [0.25, 0.3) is 0 Å². The highest BCUT2D eigenvalue weighted by molar-refractivity contribution is 6.42. The van der Waals surface area contributed by atoms with Crippen LogP contribution < -0.4 is 4.74 Å². The van der Waals surface area contributed by atoms with Crippen molar-refractivity contribution in [3.63, 3.8) is 0 Å². The van der Waals surface area contributed by atoms with Crippen LogP contribution in [0, 0.1) is 0 Å². The average Bonchev–Trinajstić information content (AvgIpc) is 2.42. The largest absolute Gasteiger partial charge is 0.485 e.